The molecule has 3 rings (SSSR count). The van der Waals surface area contributed by atoms with Gasteiger partial charge in [0.05, 0.1) is 5.39 Å². The van der Waals surface area contributed by atoms with Crippen LogP contribution in [0.25, 0.3) is 10.2 Å². The van der Waals surface area contributed by atoms with Crippen LogP contribution >= 0.6 is 11.3 Å². The first kappa shape index (κ1) is 13.8. The summed E-state index contributed by atoms with van der Waals surface area (Å²) in [7, 11) is 0. The van der Waals surface area contributed by atoms with Crippen molar-refractivity contribution in [2.24, 2.45) is 5.92 Å². The highest BCUT2D eigenvalue weighted by molar-refractivity contribution is 7.18. The van der Waals surface area contributed by atoms with Crippen LogP contribution in [0.2, 0.25) is 0 Å². The predicted octanol–water partition coefficient (Wildman–Crippen LogP) is 3.60. The molecule has 5 heteroatoms. The molecule has 4 nitrogen and oxygen atoms in total. The Morgan fingerprint density at radius 3 is 2.80 bits per heavy atom. The number of hydrogen-bond donors (Lipinski definition) is 1. The highest BCUT2D eigenvalue weighted by Gasteiger charge is 2.17. The second kappa shape index (κ2) is 5.66. The molecule has 1 aliphatic carbocycles. The van der Waals surface area contributed by atoms with Crippen LogP contribution in [0.4, 0.5) is 5.82 Å². The number of ether oxygens (including phenoxy) is 1. The van der Waals surface area contributed by atoms with Crippen LogP contribution in [-0.4, -0.2) is 16.6 Å². The first-order chi connectivity index (χ1) is 9.65. The van der Waals surface area contributed by atoms with Crippen LogP contribution < -0.4 is 5.73 Å². The van der Waals surface area contributed by atoms with Crippen molar-refractivity contribution in [1.29, 1.82) is 0 Å². The van der Waals surface area contributed by atoms with E-state index in [1.165, 1.54) is 29.7 Å². The lowest BCUT2D eigenvalue weighted by atomic mass is 9.83. The summed E-state index contributed by atoms with van der Waals surface area (Å²) in [5.41, 5.74) is 7.25. The summed E-state index contributed by atoms with van der Waals surface area (Å²) in [6, 6.07) is 0. The lowest BCUT2D eigenvalue weighted by Crippen LogP contribution is -2.13. The molecule has 1 saturated carbocycles. The van der Waals surface area contributed by atoms with E-state index in [2.05, 4.69) is 23.8 Å². The molecule has 1 fully saturated rings. The Balaban J connectivity index is 1.65. The lowest BCUT2D eigenvalue weighted by Gasteiger charge is -2.24. The molecule has 0 saturated heterocycles. The molecule has 0 spiro atoms. The molecule has 1 aliphatic rings. The van der Waals surface area contributed by atoms with Crippen LogP contribution in [0.5, 0.6) is 0 Å². The number of thiophene rings is 1. The molecule has 2 aromatic heterocycles. The van der Waals surface area contributed by atoms with E-state index in [-0.39, 0.29) is 0 Å². The van der Waals surface area contributed by atoms with Gasteiger partial charge >= 0.3 is 0 Å². The van der Waals surface area contributed by atoms with Crippen molar-refractivity contribution < 1.29 is 4.74 Å². The molecule has 2 N–H and O–H groups in total. The fourth-order valence-corrected chi connectivity index (χ4v) is 3.64. The maximum absolute atomic E-state index is 6.05. The van der Waals surface area contributed by atoms with Gasteiger partial charge in [-0.3, -0.25) is 0 Å². The van der Waals surface area contributed by atoms with Crippen molar-refractivity contribution >= 4 is 27.4 Å². The molecular formula is C15H21N3OS. The molecule has 0 radical (unpaired) electrons. The van der Waals surface area contributed by atoms with Gasteiger partial charge in [-0.15, -0.1) is 11.3 Å². The molecule has 0 bridgehead atoms. The van der Waals surface area contributed by atoms with E-state index < -0.39 is 0 Å². The van der Waals surface area contributed by atoms with Crippen molar-refractivity contribution in [3.05, 3.63) is 16.3 Å². The first-order valence-corrected chi connectivity index (χ1v) is 8.06. The number of nitrogens with two attached hydrogens (primary N) is 1. The summed E-state index contributed by atoms with van der Waals surface area (Å²) in [6.07, 6.45) is 5.28. The van der Waals surface area contributed by atoms with Crippen molar-refractivity contribution in [3.8, 4) is 0 Å². The average molecular weight is 291 g/mol. The number of hydrogen-bond acceptors (Lipinski definition) is 5. The van der Waals surface area contributed by atoms with Gasteiger partial charge in [0, 0.05) is 11.5 Å². The summed E-state index contributed by atoms with van der Waals surface area (Å²) < 4.78 is 5.69. The van der Waals surface area contributed by atoms with Crippen molar-refractivity contribution in [2.75, 3.05) is 12.3 Å². The zero-order valence-electron chi connectivity index (χ0n) is 12.1. The summed E-state index contributed by atoms with van der Waals surface area (Å²) in [6.45, 7) is 5.43. The number of anilines is 1. The number of nitrogen functional groups attached to an aromatic ring is 1. The SMILES string of the molecule is Cc1sc2nc(COCCC3CCC3)nc(N)c2c1C. The molecule has 0 amide bonds. The van der Waals surface area contributed by atoms with Crippen molar-refractivity contribution in [1.82, 2.24) is 9.97 Å². The molecule has 0 atom stereocenters. The van der Waals surface area contributed by atoms with Crippen LogP contribution in [0.3, 0.4) is 0 Å². The smallest absolute Gasteiger partial charge is 0.158 e. The Hall–Kier alpha value is -1.20. The average Bonchev–Trinajstić information content (AvgIpc) is 2.63. The monoisotopic (exact) mass is 291 g/mol. The van der Waals surface area contributed by atoms with Gasteiger partial charge in [-0.2, -0.15) is 0 Å². The molecule has 2 heterocycles. The normalized spacial score (nSPS) is 15.7. The van der Waals surface area contributed by atoms with Gasteiger partial charge in [0.15, 0.2) is 5.82 Å². The maximum Gasteiger partial charge on any atom is 0.158 e. The van der Waals surface area contributed by atoms with E-state index in [0.29, 0.717) is 18.2 Å². The van der Waals surface area contributed by atoms with Gasteiger partial charge < -0.3 is 10.5 Å². The van der Waals surface area contributed by atoms with Gasteiger partial charge in [0.2, 0.25) is 0 Å². The van der Waals surface area contributed by atoms with Gasteiger partial charge in [-0.05, 0) is 31.7 Å². The third-order valence-electron chi connectivity index (χ3n) is 4.23. The Morgan fingerprint density at radius 2 is 2.10 bits per heavy atom. The second-order valence-electron chi connectivity index (χ2n) is 5.63. The number of nitrogens with zero attached hydrogens (tertiary/aromatic N) is 2. The number of fused-ring (bicyclic) bond motifs is 1. The summed E-state index contributed by atoms with van der Waals surface area (Å²) in [5, 5.41) is 1.01. The van der Waals surface area contributed by atoms with Crippen molar-refractivity contribution in [2.45, 2.75) is 46.1 Å². The van der Waals surface area contributed by atoms with E-state index in [1.807, 2.05) is 0 Å². The summed E-state index contributed by atoms with van der Waals surface area (Å²) in [5.74, 6) is 2.16. The number of rotatable bonds is 5. The van der Waals surface area contributed by atoms with Gasteiger partial charge in [0.25, 0.3) is 0 Å². The molecule has 0 aliphatic heterocycles. The first-order valence-electron chi connectivity index (χ1n) is 7.25. The van der Waals surface area contributed by atoms with Crippen LogP contribution in [-0.2, 0) is 11.3 Å². The predicted molar refractivity (Wildman–Crippen MR) is 82.9 cm³/mol. The zero-order valence-corrected chi connectivity index (χ0v) is 12.9. The van der Waals surface area contributed by atoms with E-state index in [9.17, 15) is 0 Å². The van der Waals surface area contributed by atoms with Crippen LogP contribution in [0.1, 0.15) is 41.9 Å². The van der Waals surface area contributed by atoms with E-state index in [1.54, 1.807) is 11.3 Å². The minimum Gasteiger partial charge on any atom is -0.383 e. The molecule has 20 heavy (non-hydrogen) atoms. The lowest BCUT2D eigenvalue weighted by molar-refractivity contribution is 0.0909. The molecule has 2 aromatic rings. The zero-order chi connectivity index (χ0) is 14.1. The number of aromatic nitrogens is 2. The van der Waals surface area contributed by atoms with Gasteiger partial charge in [0.1, 0.15) is 17.3 Å². The van der Waals surface area contributed by atoms with E-state index >= 15 is 0 Å². The minimum atomic E-state index is 0.461. The standard InChI is InChI=1S/C15H21N3OS/c1-9-10(2)20-15-13(9)14(16)17-12(18-15)8-19-7-6-11-4-3-5-11/h11H,3-8H2,1-2H3,(H2,16,17,18). The van der Waals surface area contributed by atoms with E-state index in [4.69, 9.17) is 10.5 Å². The topological polar surface area (TPSA) is 61.0 Å². The van der Waals surface area contributed by atoms with E-state index in [0.717, 1.165) is 29.2 Å². The second-order valence-corrected chi connectivity index (χ2v) is 6.83. The highest BCUT2D eigenvalue weighted by atomic mass is 32.1. The van der Waals surface area contributed by atoms with Crippen LogP contribution in [0.15, 0.2) is 0 Å². The Kier molecular flexibility index (Phi) is 3.89. The summed E-state index contributed by atoms with van der Waals surface area (Å²) in [4.78, 5) is 11.2. The van der Waals surface area contributed by atoms with Gasteiger partial charge in [-0.1, -0.05) is 19.3 Å². The number of aryl methyl sites for hydroxylation is 2. The highest BCUT2D eigenvalue weighted by Crippen LogP contribution is 2.32. The Bertz CT molecular complexity index is 619. The third kappa shape index (κ3) is 2.65. The Labute approximate surface area is 123 Å². The Morgan fingerprint density at radius 1 is 1.30 bits per heavy atom. The molecular weight excluding hydrogens is 270 g/mol. The fraction of sp³-hybridized carbons (Fsp3) is 0.600. The fourth-order valence-electron chi connectivity index (χ4n) is 2.59. The maximum atomic E-state index is 6.05. The quantitative estimate of drug-likeness (QED) is 0.855. The summed E-state index contributed by atoms with van der Waals surface area (Å²) >= 11 is 1.68. The van der Waals surface area contributed by atoms with Crippen LogP contribution in [0, 0.1) is 19.8 Å². The van der Waals surface area contributed by atoms with Crippen molar-refractivity contribution in [3.63, 3.8) is 0 Å². The third-order valence-corrected chi connectivity index (χ3v) is 5.33. The minimum absolute atomic E-state index is 0.461. The largest absolute Gasteiger partial charge is 0.383 e. The molecule has 108 valence electrons. The van der Waals surface area contributed by atoms with Gasteiger partial charge in [-0.25, -0.2) is 9.97 Å². The molecule has 0 aromatic carbocycles. The molecule has 0 unspecified atom stereocenters.